The van der Waals surface area contributed by atoms with Crippen molar-refractivity contribution in [1.82, 2.24) is 0 Å². The van der Waals surface area contributed by atoms with Gasteiger partial charge in [0.1, 0.15) is 0 Å². The zero-order valence-electron chi connectivity index (χ0n) is 15.1. The third kappa shape index (κ3) is 4.25. The zero-order chi connectivity index (χ0) is 18.7. The number of nitrogens with one attached hydrogen (secondary N) is 1. The molecule has 1 atom stereocenters. The predicted octanol–water partition coefficient (Wildman–Crippen LogP) is 2.94. The lowest BCUT2D eigenvalue weighted by atomic mass is 10.1. The van der Waals surface area contributed by atoms with Crippen LogP contribution in [-0.4, -0.2) is 38.4 Å². The molecule has 0 aromatic heterocycles. The Kier molecular flexibility index (Phi) is 5.32. The summed E-state index contributed by atoms with van der Waals surface area (Å²) >= 11 is 0. The van der Waals surface area contributed by atoms with E-state index in [9.17, 15) is 13.2 Å². The van der Waals surface area contributed by atoms with E-state index in [1.54, 1.807) is 4.90 Å². The fraction of sp³-hybridized carbons (Fsp3) is 0.350. The fourth-order valence-electron chi connectivity index (χ4n) is 3.39. The highest BCUT2D eigenvalue weighted by Gasteiger charge is 2.35. The van der Waals surface area contributed by atoms with Gasteiger partial charge in [0.2, 0.25) is 5.91 Å². The van der Waals surface area contributed by atoms with Crippen molar-refractivity contribution in [1.29, 1.82) is 0 Å². The fourth-order valence-corrected chi connectivity index (χ4v) is 5.09. The maximum absolute atomic E-state index is 13.0. The highest BCUT2D eigenvalue weighted by atomic mass is 32.2. The summed E-state index contributed by atoms with van der Waals surface area (Å²) in [6.45, 7) is 4.15. The number of rotatable bonds is 5. The number of para-hydroxylation sites is 1. The highest BCUT2D eigenvalue weighted by Crippen LogP contribution is 2.25. The van der Waals surface area contributed by atoms with Crippen molar-refractivity contribution < 1.29 is 13.2 Å². The highest BCUT2D eigenvalue weighted by molar-refractivity contribution is 7.91. The van der Waals surface area contributed by atoms with Crippen LogP contribution in [0.2, 0.25) is 0 Å². The topological polar surface area (TPSA) is 66.5 Å². The molecular weight excluding hydrogens is 348 g/mol. The van der Waals surface area contributed by atoms with Gasteiger partial charge >= 0.3 is 0 Å². The number of carbonyl (C=O) groups is 1. The Balaban J connectivity index is 1.79. The number of nitrogens with zero attached hydrogens (tertiary/aromatic N) is 1. The second-order valence-corrected chi connectivity index (χ2v) is 9.06. The summed E-state index contributed by atoms with van der Waals surface area (Å²) in [5, 5.41) is 3.19. The van der Waals surface area contributed by atoms with Gasteiger partial charge in [0, 0.05) is 11.4 Å². The number of aryl methyl sites for hydroxylation is 2. The van der Waals surface area contributed by atoms with E-state index in [2.05, 4.69) is 11.4 Å². The molecule has 2 aromatic rings. The second kappa shape index (κ2) is 7.50. The average molecular weight is 372 g/mol. The number of hydrogen-bond donors (Lipinski definition) is 1. The lowest BCUT2D eigenvalue weighted by molar-refractivity contribution is -0.117. The quantitative estimate of drug-likeness (QED) is 0.876. The van der Waals surface area contributed by atoms with E-state index >= 15 is 0 Å². The lowest BCUT2D eigenvalue weighted by Gasteiger charge is -2.29. The molecular formula is C20H24N2O3S. The Morgan fingerprint density at radius 3 is 2.50 bits per heavy atom. The first kappa shape index (κ1) is 18.5. The molecule has 1 fully saturated rings. The molecule has 1 amide bonds. The van der Waals surface area contributed by atoms with E-state index in [1.165, 1.54) is 5.56 Å². The number of anilines is 2. The van der Waals surface area contributed by atoms with Crippen molar-refractivity contribution in [3.63, 3.8) is 0 Å². The van der Waals surface area contributed by atoms with Crippen LogP contribution < -0.4 is 10.2 Å². The molecule has 1 heterocycles. The molecule has 2 aromatic carbocycles. The van der Waals surface area contributed by atoms with Gasteiger partial charge in [-0.3, -0.25) is 4.79 Å². The minimum Gasteiger partial charge on any atom is -0.376 e. The van der Waals surface area contributed by atoms with Gasteiger partial charge < -0.3 is 10.2 Å². The standard InChI is InChI=1S/C20H24N2O3S/c1-15-8-9-19(16(2)12-15)21-13-20(23)22(17-6-4-3-5-7-17)18-10-11-26(24,25)14-18/h3-9,12,18,21H,10-11,13-14H2,1-2H3/t18-/m0/s1. The first-order valence-corrected chi connectivity index (χ1v) is 10.6. The summed E-state index contributed by atoms with van der Waals surface area (Å²) in [6.07, 6.45) is 0.479. The van der Waals surface area contributed by atoms with E-state index in [0.29, 0.717) is 6.42 Å². The van der Waals surface area contributed by atoms with E-state index in [-0.39, 0.29) is 30.0 Å². The van der Waals surface area contributed by atoms with Crippen molar-refractivity contribution in [3.05, 3.63) is 59.7 Å². The number of benzene rings is 2. The van der Waals surface area contributed by atoms with Gasteiger partial charge in [-0.2, -0.15) is 0 Å². The van der Waals surface area contributed by atoms with Gasteiger partial charge in [-0.05, 0) is 44.0 Å². The van der Waals surface area contributed by atoms with Crippen LogP contribution in [-0.2, 0) is 14.6 Å². The Morgan fingerprint density at radius 2 is 1.88 bits per heavy atom. The van der Waals surface area contributed by atoms with Crippen molar-refractivity contribution >= 4 is 27.1 Å². The van der Waals surface area contributed by atoms with E-state index in [0.717, 1.165) is 16.9 Å². The van der Waals surface area contributed by atoms with Crippen LogP contribution in [0.3, 0.4) is 0 Å². The summed E-state index contributed by atoms with van der Waals surface area (Å²) < 4.78 is 23.8. The zero-order valence-corrected chi connectivity index (χ0v) is 15.9. The Labute approximate surface area is 154 Å². The maximum Gasteiger partial charge on any atom is 0.246 e. The van der Waals surface area contributed by atoms with E-state index in [4.69, 9.17) is 0 Å². The van der Waals surface area contributed by atoms with Crippen LogP contribution in [0.5, 0.6) is 0 Å². The van der Waals surface area contributed by atoms with Crippen LogP contribution in [0.1, 0.15) is 17.5 Å². The number of hydrogen-bond acceptors (Lipinski definition) is 4. The van der Waals surface area contributed by atoms with E-state index in [1.807, 2.05) is 56.3 Å². The van der Waals surface area contributed by atoms with Crippen molar-refractivity contribution in [2.45, 2.75) is 26.3 Å². The molecule has 0 radical (unpaired) electrons. The first-order chi connectivity index (χ1) is 12.4. The summed E-state index contributed by atoms with van der Waals surface area (Å²) in [5.41, 5.74) is 3.90. The molecule has 0 spiro atoms. The molecule has 1 aliphatic rings. The maximum atomic E-state index is 13.0. The molecule has 0 saturated carbocycles. The molecule has 1 N–H and O–H groups in total. The average Bonchev–Trinajstić information content (AvgIpc) is 2.95. The Bertz CT molecular complexity index is 895. The van der Waals surface area contributed by atoms with Crippen molar-refractivity contribution in [2.75, 3.05) is 28.3 Å². The molecule has 3 rings (SSSR count). The second-order valence-electron chi connectivity index (χ2n) is 6.83. The third-order valence-corrected chi connectivity index (χ3v) is 6.44. The monoisotopic (exact) mass is 372 g/mol. The van der Waals surface area contributed by atoms with Gasteiger partial charge in [-0.1, -0.05) is 35.9 Å². The number of carbonyl (C=O) groups excluding carboxylic acids is 1. The Morgan fingerprint density at radius 1 is 1.15 bits per heavy atom. The Hall–Kier alpha value is -2.34. The minimum absolute atomic E-state index is 0.0250. The SMILES string of the molecule is Cc1ccc(NCC(=O)N(c2ccccc2)[C@H]2CCS(=O)(=O)C2)c(C)c1. The molecule has 1 aliphatic heterocycles. The molecule has 0 aliphatic carbocycles. The van der Waals surface area contributed by atoms with Gasteiger partial charge in [0.15, 0.2) is 9.84 Å². The van der Waals surface area contributed by atoms with Gasteiger partial charge in [0.05, 0.1) is 24.1 Å². The molecule has 1 saturated heterocycles. The number of sulfone groups is 1. The van der Waals surface area contributed by atoms with Gasteiger partial charge in [-0.15, -0.1) is 0 Å². The molecule has 5 nitrogen and oxygen atoms in total. The smallest absolute Gasteiger partial charge is 0.246 e. The van der Waals surface area contributed by atoms with Gasteiger partial charge in [-0.25, -0.2) is 8.42 Å². The number of amides is 1. The summed E-state index contributed by atoms with van der Waals surface area (Å²) in [5.74, 6) is 0.0361. The molecule has 6 heteroatoms. The van der Waals surface area contributed by atoms with E-state index < -0.39 is 9.84 Å². The third-order valence-electron chi connectivity index (χ3n) is 4.69. The van der Waals surface area contributed by atoms with Crippen LogP contribution in [0.15, 0.2) is 48.5 Å². The molecule has 0 bridgehead atoms. The van der Waals surface area contributed by atoms with Crippen LogP contribution in [0, 0.1) is 13.8 Å². The normalized spacial score (nSPS) is 18.5. The summed E-state index contributed by atoms with van der Waals surface area (Å²) in [7, 11) is -3.07. The van der Waals surface area contributed by atoms with Crippen LogP contribution in [0.4, 0.5) is 11.4 Å². The molecule has 26 heavy (non-hydrogen) atoms. The van der Waals surface area contributed by atoms with Gasteiger partial charge in [0.25, 0.3) is 0 Å². The van der Waals surface area contributed by atoms with Crippen molar-refractivity contribution in [2.24, 2.45) is 0 Å². The largest absolute Gasteiger partial charge is 0.376 e. The summed E-state index contributed by atoms with van der Waals surface area (Å²) in [4.78, 5) is 14.6. The van der Waals surface area contributed by atoms with Crippen molar-refractivity contribution in [3.8, 4) is 0 Å². The van der Waals surface area contributed by atoms with Crippen LogP contribution >= 0.6 is 0 Å². The lowest BCUT2D eigenvalue weighted by Crippen LogP contribution is -2.44. The predicted molar refractivity (Wildman–Crippen MR) is 105 cm³/mol. The first-order valence-electron chi connectivity index (χ1n) is 8.74. The molecule has 0 unspecified atom stereocenters. The summed E-state index contributed by atoms with van der Waals surface area (Å²) in [6, 6.07) is 15.0. The van der Waals surface area contributed by atoms with Crippen LogP contribution in [0.25, 0.3) is 0 Å². The molecule has 138 valence electrons. The minimum atomic E-state index is -3.07.